The Morgan fingerprint density at radius 1 is 1.23 bits per heavy atom. The van der Waals surface area contributed by atoms with Crippen LogP contribution in [0.15, 0.2) is 48.5 Å². The molecule has 0 atom stereocenters. The van der Waals surface area contributed by atoms with Crippen LogP contribution in [-0.2, 0) is 6.54 Å². The molecule has 0 unspecified atom stereocenters. The monoisotopic (exact) mass is 296 g/mol. The second-order valence-corrected chi connectivity index (χ2v) is 4.87. The van der Waals surface area contributed by atoms with Crippen LogP contribution >= 0.6 is 0 Å². The van der Waals surface area contributed by atoms with E-state index in [1.54, 1.807) is 30.0 Å². The van der Waals surface area contributed by atoms with E-state index in [-0.39, 0.29) is 12.4 Å². The standard InChI is InChI=1S/C17H16N2O3/c1-22-13-7-8-14-15(11-13)19(9-10-20)18-16(14)17(21)12-5-3-2-4-6-12/h2-8,11,20H,9-10H2,1H3. The summed E-state index contributed by atoms with van der Waals surface area (Å²) in [5, 5.41) is 14.3. The summed E-state index contributed by atoms with van der Waals surface area (Å²) in [6.07, 6.45) is 0. The molecular formula is C17H16N2O3. The zero-order valence-electron chi connectivity index (χ0n) is 12.2. The van der Waals surface area contributed by atoms with Gasteiger partial charge in [-0.05, 0) is 12.1 Å². The lowest BCUT2D eigenvalue weighted by Crippen LogP contribution is -2.07. The number of carbonyl (C=O) groups excluding carboxylic acids is 1. The lowest BCUT2D eigenvalue weighted by atomic mass is 10.1. The number of fused-ring (bicyclic) bond motifs is 1. The Labute approximate surface area is 127 Å². The molecule has 0 amide bonds. The van der Waals surface area contributed by atoms with Crippen LogP contribution in [0.5, 0.6) is 5.75 Å². The molecule has 2 aromatic carbocycles. The molecule has 0 spiro atoms. The summed E-state index contributed by atoms with van der Waals surface area (Å²) < 4.78 is 6.85. The highest BCUT2D eigenvalue weighted by Crippen LogP contribution is 2.25. The summed E-state index contributed by atoms with van der Waals surface area (Å²) in [5.41, 5.74) is 1.75. The molecule has 0 aliphatic heterocycles. The van der Waals surface area contributed by atoms with Gasteiger partial charge in [-0.25, -0.2) is 0 Å². The van der Waals surface area contributed by atoms with Gasteiger partial charge in [-0.2, -0.15) is 5.10 Å². The van der Waals surface area contributed by atoms with Crippen molar-refractivity contribution in [2.24, 2.45) is 0 Å². The molecule has 0 aliphatic carbocycles. The number of hydrogen-bond donors (Lipinski definition) is 1. The van der Waals surface area contributed by atoms with Crippen LogP contribution in [0.3, 0.4) is 0 Å². The Hall–Kier alpha value is -2.66. The Bertz CT molecular complexity index is 809. The smallest absolute Gasteiger partial charge is 0.213 e. The van der Waals surface area contributed by atoms with Gasteiger partial charge < -0.3 is 9.84 Å². The molecule has 5 heteroatoms. The molecular weight excluding hydrogens is 280 g/mol. The molecule has 0 saturated carbocycles. The summed E-state index contributed by atoms with van der Waals surface area (Å²) in [5.74, 6) is 0.553. The van der Waals surface area contributed by atoms with Gasteiger partial charge in [0.05, 0.1) is 25.8 Å². The van der Waals surface area contributed by atoms with Gasteiger partial charge >= 0.3 is 0 Å². The number of hydrogen-bond acceptors (Lipinski definition) is 4. The number of aliphatic hydroxyl groups is 1. The number of carbonyl (C=O) groups is 1. The van der Waals surface area contributed by atoms with E-state index in [1.165, 1.54) is 0 Å². The molecule has 0 saturated heterocycles. The molecule has 0 bridgehead atoms. The normalized spacial score (nSPS) is 10.8. The molecule has 3 aromatic rings. The molecule has 112 valence electrons. The zero-order valence-corrected chi connectivity index (χ0v) is 12.2. The van der Waals surface area contributed by atoms with Crippen molar-refractivity contribution in [3.63, 3.8) is 0 Å². The van der Waals surface area contributed by atoms with Crippen LogP contribution in [-0.4, -0.2) is 34.4 Å². The molecule has 5 nitrogen and oxygen atoms in total. The first-order valence-corrected chi connectivity index (χ1v) is 6.99. The minimum atomic E-state index is -0.132. The number of nitrogens with zero attached hydrogens (tertiary/aromatic N) is 2. The topological polar surface area (TPSA) is 64.3 Å². The molecule has 22 heavy (non-hydrogen) atoms. The second-order valence-electron chi connectivity index (χ2n) is 4.87. The lowest BCUT2D eigenvalue weighted by Gasteiger charge is -2.02. The van der Waals surface area contributed by atoms with Crippen molar-refractivity contribution in [2.75, 3.05) is 13.7 Å². The number of ether oxygens (including phenoxy) is 1. The van der Waals surface area contributed by atoms with E-state index in [0.717, 1.165) is 10.9 Å². The maximum Gasteiger partial charge on any atom is 0.213 e. The van der Waals surface area contributed by atoms with E-state index in [9.17, 15) is 9.90 Å². The van der Waals surface area contributed by atoms with Crippen LogP contribution in [0, 0.1) is 0 Å². The van der Waals surface area contributed by atoms with Gasteiger partial charge in [0.2, 0.25) is 5.78 Å². The fourth-order valence-corrected chi connectivity index (χ4v) is 2.44. The molecule has 1 aromatic heterocycles. The molecule has 0 fully saturated rings. The number of methoxy groups -OCH3 is 1. The Balaban J connectivity index is 2.15. The number of aromatic nitrogens is 2. The molecule has 1 N–H and O–H groups in total. The van der Waals surface area contributed by atoms with Gasteiger partial charge in [0.15, 0.2) is 0 Å². The van der Waals surface area contributed by atoms with Crippen LogP contribution < -0.4 is 4.74 Å². The Morgan fingerprint density at radius 2 is 2.00 bits per heavy atom. The van der Waals surface area contributed by atoms with E-state index in [2.05, 4.69) is 5.10 Å². The van der Waals surface area contributed by atoms with E-state index in [4.69, 9.17) is 4.74 Å². The summed E-state index contributed by atoms with van der Waals surface area (Å²) >= 11 is 0. The minimum absolute atomic E-state index is 0.0487. The van der Waals surface area contributed by atoms with Gasteiger partial charge in [-0.1, -0.05) is 30.3 Å². The highest BCUT2D eigenvalue weighted by Gasteiger charge is 2.18. The summed E-state index contributed by atoms with van der Waals surface area (Å²) in [6, 6.07) is 14.5. The van der Waals surface area contributed by atoms with Crippen LogP contribution in [0.4, 0.5) is 0 Å². The quantitative estimate of drug-likeness (QED) is 0.734. The summed E-state index contributed by atoms with van der Waals surface area (Å²) in [6.45, 7) is 0.276. The number of aliphatic hydroxyl groups excluding tert-OH is 1. The Morgan fingerprint density at radius 3 is 2.68 bits per heavy atom. The van der Waals surface area contributed by atoms with Gasteiger partial charge in [-0.15, -0.1) is 0 Å². The molecule has 0 radical (unpaired) electrons. The predicted molar refractivity (Wildman–Crippen MR) is 83.2 cm³/mol. The van der Waals surface area contributed by atoms with Gasteiger partial charge in [0, 0.05) is 17.0 Å². The van der Waals surface area contributed by atoms with Gasteiger partial charge in [0.25, 0.3) is 0 Å². The largest absolute Gasteiger partial charge is 0.497 e. The van der Waals surface area contributed by atoms with Gasteiger partial charge in [-0.3, -0.25) is 9.48 Å². The second kappa shape index (κ2) is 5.99. The van der Waals surface area contributed by atoms with E-state index < -0.39 is 0 Å². The van der Waals surface area contributed by atoms with Crippen molar-refractivity contribution >= 4 is 16.7 Å². The van der Waals surface area contributed by atoms with Crippen LogP contribution in [0.25, 0.3) is 10.9 Å². The molecule has 3 rings (SSSR count). The number of benzene rings is 2. The third-order valence-corrected chi connectivity index (χ3v) is 3.52. The first kappa shape index (κ1) is 14.3. The Kier molecular flexibility index (Phi) is 3.89. The minimum Gasteiger partial charge on any atom is -0.497 e. The van der Waals surface area contributed by atoms with Crippen molar-refractivity contribution in [1.82, 2.24) is 9.78 Å². The van der Waals surface area contributed by atoms with Crippen molar-refractivity contribution < 1.29 is 14.6 Å². The maximum atomic E-state index is 12.7. The van der Waals surface area contributed by atoms with Crippen LogP contribution in [0.2, 0.25) is 0 Å². The van der Waals surface area contributed by atoms with Crippen molar-refractivity contribution in [3.05, 3.63) is 59.8 Å². The highest BCUT2D eigenvalue weighted by molar-refractivity contribution is 6.14. The van der Waals surface area contributed by atoms with Crippen molar-refractivity contribution in [3.8, 4) is 5.75 Å². The van der Waals surface area contributed by atoms with E-state index in [1.807, 2.05) is 30.3 Å². The SMILES string of the molecule is COc1ccc2c(C(=O)c3ccccc3)nn(CCO)c2c1. The first-order valence-electron chi connectivity index (χ1n) is 6.99. The average molecular weight is 296 g/mol. The average Bonchev–Trinajstić information content (AvgIpc) is 2.93. The molecule has 1 heterocycles. The van der Waals surface area contributed by atoms with E-state index in [0.29, 0.717) is 23.6 Å². The third kappa shape index (κ3) is 2.46. The fourth-order valence-electron chi connectivity index (χ4n) is 2.44. The van der Waals surface area contributed by atoms with Crippen LogP contribution in [0.1, 0.15) is 16.1 Å². The zero-order chi connectivity index (χ0) is 15.5. The number of rotatable bonds is 5. The first-order chi connectivity index (χ1) is 10.7. The summed E-state index contributed by atoms with van der Waals surface area (Å²) in [7, 11) is 1.59. The third-order valence-electron chi connectivity index (χ3n) is 3.52. The van der Waals surface area contributed by atoms with Crippen molar-refractivity contribution in [2.45, 2.75) is 6.54 Å². The molecule has 0 aliphatic rings. The predicted octanol–water partition coefficient (Wildman–Crippen LogP) is 2.27. The van der Waals surface area contributed by atoms with Crippen molar-refractivity contribution in [1.29, 1.82) is 0 Å². The maximum absolute atomic E-state index is 12.7. The van der Waals surface area contributed by atoms with Gasteiger partial charge in [0.1, 0.15) is 11.4 Å². The fraction of sp³-hybridized carbons (Fsp3) is 0.176. The lowest BCUT2D eigenvalue weighted by molar-refractivity contribution is 0.103. The summed E-state index contributed by atoms with van der Waals surface area (Å²) in [4.78, 5) is 12.7. The van der Waals surface area contributed by atoms with E-state index >= 15 is 0 Å². The number of ketones is 1. The highest BCUT2D eigenvalue weighted by atomic mass is 16.5.